The van der Waals surface area contributed by atoms with Crippen LogP contribution in [0, 0.1) is 0 Å². The van der Waals surface area contributed by atoms with Gasteiger partial charge in [-0.25, -0.2) is 9.48 Å². The molecule has 0 spiro atoms. The Kier molecular flexibility index (Phi) is 3.26. The fourth-order valence-corrected chi connectivity index (χ4v) is 3.20. The molecule has 3 aromatic rings. The monoisotopic (exact) mass is 301 g/mol. The van der Waals surface area contributed by atoms with Gasteiger partial charge < -0.3 is 5.11 Å². The van der Waals surface area contributed by atoms with Gasteiger partial charge in [-0.1, -0.05) is 0 Å². The molecular weight excluding hydrogens is 290 g/mol. The van der Waals surface area contributed by atoms with Crippen molar-refractivity contribution in [3.8, 4) is 11.3 Å². The molecule has 21 heavy (non-hydrogen) atoms. The molecule has 7 heteroatoms. The summed E-state index contributed by atoms with van der Waals surface area (Å²) < 4.78 is 1.88. The van der Waals surface area contributed by atoms with Crippen molar-refractivity contribution in [1.82, 2.24) is 14.8 Å². The highest BCUT2D eigenvalue weighted by molar-refractivity contribution is 7.18. The van der Waals surface area contributed by atoms with Crippen LogP contribution in [-0.4, -0.2) is 25.8 Å². The Morgan fingerprint density at radius 3 is 2.71 bits per heavy atom. The Bertz CT molecular complexity index is 884. The second-order valence-electron chi connectivity index (χ2n) is 4.36. The molecule has 3 heterocycles. The Hall–Kier alpha value is -2.54. The van der Waals surface area contributed by atoms with Gasteiger partial charge in [-0.05, 0) is 19.1 Å². The summed E-state index contributed by atoms with van der Waals surface area (Å²) in [5.74, 6) is -1.10. The van der Waals surface area contributed by atoms with E-state index >= 15 is 0 Å². The summed E-state index contributed by atoms with van der Waals surface area (Å²) in [5.41, 5.74) is 1.06. The van der Waals surface area contributed by atoms with Gasteiger partial charge in [-0.3, -0.25) is 9.78 Å². The molecular formula is C14H11N3O3S. The van der Waals surface area contributed by atoms with Crippen molar-refractivity contribution in [3.63, 3.8) is 0 Å². The van der Waals surface area contributed by atoms with E-state index in [1.165, 1.54) is 21.4 Å². The second-order valence-corrected chi connectivity index (χ2v) is 5.24. The SMILES string of the molecule is CCn1nc(-c2ccncc2)c2scc(C(=O)O)c2c1=O. The summed E-state index contributed by atoms with van der Waals surface area (Å²) in [5, 5.41) is 15.3. The average molecular weight is 301 g/mol. The third-order valence-electron chi connectivity index (χ3n) is 3.16. The first-order valence-corrected chi connectivity index (χ1v) is 7.17. The maximum absolute atomic E-state index is 12.4. The van der Waals surface area contributed by atoms with Crippen molar-refractivity contribution >= 4 is 27.4 Å². The molecule has 3 aromatic heterocycles. The van der Waals surface area contributed by atoms with Crippen molar-refractivity contribution < 1.29 is 9.90 Å². The maximum atomic E-state index is 12.4. The number of nitrogens with zero attached hydrogens (tertiary/aromatic N) is 3. The third kappa shape index (κ3) is 2.11. The Morgan fingerprint density at radius 1 is 1.38 bits per heavy atom. The van der Waals surface area contributed by atoms with E-state index in [9.17, 15) is 14.7 Å². The molecule has 3 rings (SSSR count). The van der Waals surface area contributed by atoms with E-state index in [2.05, 4.69) is 10.1 Å². The highest BCUT2D eigenvalue weighted by Gasteiger charge is 2.20. The predicted molar refractivity (Wildman–Crippen MR) is 79.7 cm³/mol. The lowest BCUT2D eigenvalue weighted by Gasteiger charge is -2.07. The second kappa shape index (κ2) is 5.10. The molecule has 0 saturated carbocycles. The minimum absolute atomic E-state index is 0.0277. The summed E-state index contributed by atoms with van der Waals surface area (Å²) in [6.45, 7) is 2.17. The van der Waals surface area contributed by atoms with E-state index in [0.29, 0.717) is 16.9 Å². The summed E-state index contributed by atoms with van der Waals surface area (Å²) in [6.07, 6.45) is 3.27. The van der Waals surface area contributed by atoms with Gasteiger partial charge in [0.2, 0.25) is 0 Å². The quantitative estimate of drug-likeness (QED) is 0.802. The summed E-state index contributed by atoms with van der Waals surface area (Å²) in [4.78, 5) is 27.6. The molecule has 0 fully saturated rings. The number of aryl methyl sites for hydroxylation is 1. The number of hydrogen-bond donors (Lipinski definition) is 1. The summed E-state index contributed by atoms with van der Waals surface area (Å²) in [6, 6.07) is 3.57. The number of aromatic carboxylic acids is 1. The van der Waals surface area contributed by atoms with E-state index in [1.54, 1.807) is 31.5 Å². The Morgan fingerprint density at radius 2 is 2.10 bits per heavy atom. The fraction of sp³-hybridized carbons (Fsp3) is 0.143. The number of carboxylic acids is 1. The van der Waals surface area contributed by atoms with Gasteiger partial charge >= 0.3 is 5.97 Å². The molecule has 0 unspecified atom stereocenters. The summed E-state index contributed by atoms with van der Waals surface area (Å²) >= 11 is 1.22. The first-order chi connectivity index (χ1) is 10.1. The predicted octanol–water partition coefficient (Wildman–Crippen LogP) is 2.24. The zero-order valence-corrected chi connectivity index (χ0v) is 11.9. The Balaban J connectivity index is 2.44. The molecule has 106 valence electrons. The molecule has 0 aliphatic carbocycles. The van der Waals surface area contributed by atoms with Crippen LogP contribution in [-0.2, 0) is 6.54 Å². The molecule has 1 N–H and O–H groups in total. The van der Waals surface area contributed by atoms with Crippen molar-refractivity contribution in [3.05, 3.63) is 45.8 Å². The number of hydrogen-bond acceptors (Lipinski definition) is 5. The zero-order valence-electron chi connectivity index (χ0n) is 11.1. The third-order valence-corrected chi connectivity index (χ3v) is 4.15. The number of carbonyl (C=O) groups is 1. The number of fused-ring (bicyclic) bond motifs is 1. The van der Waals surface area contributed by atoms with Crippen LogP contribution < -0.4 is 5.56 Å². The number of aromatic nitrogens is 3. The number of pyridine rings is 1. The van der Waals surface area contributed by atoms with E-state index < -0.39 is 5.97 Å². The van der Waals surface area contributed by atoms with Crippen LogP contribution in [0.2, 0.25) is 0 Å². The lowest BCUT2D eigenvalue weighted by Crippen LogP contribution is -2.23. The van der Waals surface area contributed by atoms with Crippen LogP contribution in [0.1, 0.15) is 17.3 Å². The van der Waals surface area contributed by atoms with Crippen molar-refractivity contribution in [2.45, 2.75) is 13.5 Å². The maximum Gasteiger partial charge on any atom is 0.337 e. The topological polar surface area (TPSA) is 85.1 Å². The van der Waals surface area contributed by atoms with Gasteiger partial charge in [0.05, 0.1) is 15.6 Å². The van der Waals surface area contributed by atoms with Gasteiger partial charge in [0.1, 0.15) is 5.69 Å². The molecule has 0 aromatic carbocycles. The van der Waals surface area contributed by atoms with Gasteiger partial charge in [-0.2, -0.15) is 5.10 Å². The van der Waals surface area contributed by atoms with Crippen LogP contribution in [0.25, 0.3) is 21.3 Å². The van der Waals surface area contributed by atoms with Gasteiger partial charge in [0, 0.05) is 29.9 Å². The van der Waals surface area contributed by atoms with Gasteiger partial charge in [-0.15, -0.1) is 11.3 Å². The first-order valence-electron chi connectivity index (χ1n) is 6.29. The molecule has 0 aliphatic heterocycles. The van der Waals surface area contributed by atoms with Crippen LogP contribution in [0.15, 0.2) is 34.7 Å². The van der Waals surface area contributed by atoms with Crippen molar-refractivity contribution in [1.29, 1.82) is 0 Å². The smallest absolute Gasteiger partial charge is 0.337 e. The minimum atomic E-state index is -1.10. The number of thiophene rings is 1. The van der Waals surface area contributed by atoms with E-state index in [0.717, 1.165) is 5.56 Å². The molecule has 0 bridgehead atoms. The highest BCUT2D eigenvalue weighted by Crippen LogP contribution is 2.31. The molecule has 6 nitrogen and oxygen atoms in total. The van der Waals surface area contributed by atoms with E-state index in [1.807, 2.05) is 0 Å². The number of carboxylic acid groups (broad SMARTS) is 1. The average Bonchev–Trinajstić information content (AvgIpc) is 2.94. The van der Waals surface area contributed by atoms with Gasteiger partial charge in [0.25, 0.3) is 5.56 Å². The van der Waals surface area contributed by atoms with Crippen molar-refractivity contribution in [2.24, 2.45) is 0 Å². The van der Waals surface area contributed by atoms with Crippen LogP contribution >= 0.6 is 11.3 Å². The molecule has 0 saturated heterocycles. The first kappa shape index (κ1) is 13.4. The summed E-state index contributed by atoms with van der Waals surface area (Å²) in [7, 11) is 0. The zero-order chi connectivity index (χ0) is 15.0. The molecule has 0 amide bonds. The largest absolute Gasteiger partial charge is 0.478 e. The normalized spacial score (nSPS) is 10.9. The highest BCUT2D eigenvalue weighted by atomic mass is 32.1. The van der Waals surface area contributed by atoms with Gasteiger partial charge in [0.15, 0.2) is 0 Å². The fourth-order valence-electron chi connectivity index (χ4n) is 2.16. The lowest BCUT2D eigenvalue weighted by molar-refractivity contribution is 0.0699. The standard InChI is InChI=1S/C14H11N3O3S/c1-2-17-13(18)10-9(14(19)20)7-21-12(10)11(16-17)8-3-5-15-6-4-8/h3-7H,2H2,1H3,(H,19,20). The van der Waals surface area contributed by atoms with E-state index in [4.69, 9.17) is 0 Å². The number of rotatable bonds is 3. The molecule has 0 radical (unpaired) electrons. The van der Waals surface area contributed by atoms with Crippen LogP contribution in [0.3, 0.4) is 0 Å². The van der Waals surface area contributed by atoms with Crippen LogP contribution in [0.5, 0.6) is 0 Å². The lowest BCUT2D eigenvalue weighted by atomic mass is 10.1. The van der Waals surface area contributed by atoms with E-state index in [-0.39, 0.29) is 16.5 Å². The molecule has 0 aliphatic rings. The van der Waals surface area contributed by atoms with Crippen LogP contribution in [0.4, 0.5) is 0 Å². The minimum Gasteiger partial charge on any atom is -0.478 e. The Labute approximate surface area is 123 Å². The van der Waals surface area contributed by atoms with Crippen molar-refractivity contribution in [2.75, 3.05) is 0 Å². The molecule has 0 atom stereocenters.